The Hall–Kier alpha value is -0.870. The maximum Gasteiger partial charge on any atom is 0.144 e. The number of hydrogen-bond donors (Lipinski definition) is 0. The van der Waals surface area contributed by atoms with Gasteiger partial charge in [-0.25, -0.2) is 0 Å². The molecular formula is C10H8BrNOS. The highest BCUT2D eigenvalue weighted by molar-refractivity contribution is 9.10. The topological polar surface area (TPSA) is 22.1 Å². The lowest BCUT2D eigenvalue weighted by Crippen LogP contribution is -1.96. The normalized spacial score (nSPS) is 10.1. The van der Waals surface area contributed by atoms with Crippen molar-refractivity contribution in [3.05, 3.63) is 45.3 Å². The summed E-state index contributed by atoms with van der Waals surface area (Å²) in [6.45, 7) is 0.510. The summed E-state index contributed by atoms with van der Waals surface area (Å²) in [7, 11) is 0. The molecule has 0 aliphatic rings. The van der Waals surface area contributed by atoms with Crippen LogP contribution in [0, 0.1) is 0 Å². The molecule has 0 spiro atoms. The van der Waals surface area contributed by atoms with Crippen LogP contribution in [0.5, 0.6) is 5.75 Å². The molecule has 0 aliphatic heterocycles. The Kier molecular flexibility index (Phi) is 3.16. The van der Waals surface area contributed by atoms with Crippen molar-refractivity contribution in [1.82, 2.24) is 4.98 Å². The van der Waals surface area contributed by atoms with E-state index in [-0.39, 0.29) is 0 Å². The molecule has 0 radical (unpaired) electrons. The molecule has 0 atom stereocenters. The van der Waals surface area contributed by atoms with Crippen LogP contribution >= 0.6 is 27.3 Å². The van der Waals surface area contributed by atoms with Gasteiger partial charge in [-0.15, -0.1) is 11.3 Å². The Morgan fingerprint density at radius 3 is 2.93 bits per heavy atom. The molecule has 0 saturated heterocycles. The van der Waals surface area contributed by atoms with Crippen molar-refractivity contribution < 1.29 is 4.74 Å². The summed E-state index contributed by atoms with van der Waals surface area (Å²) in [6.07, 6.45) is 1.77. The van der Waals surface area contributed by atoms with Crippen LogP contribution in [0.3, 0.4) is 0 Å². The second-order valence-corrected chi connectivity index (χ2v) is 4.29. The van der Waals surface area contributed by atoms with E-state index in [0.29, 0.717) is 6.61 Å². The van der Waals surface area contributed by atoms with Crippen LogP contribution in [0.15, 0.2) is 39.6 Å². The van der Waals surface area contributed by atoms with Crippen LogP contribution in [-0.4, -0.2) is 4.98 Å². The molecule has 0 amide bonds. The Labute approximate surface area is 94.7 Å². The van der Waals surface area contributed by atoms with Gasteiger partial charge in [0.1, 0.15) is 12.4 Å². The summed E-state index contributed by atoms with van der Waals surface area (Å²) in [5.74, 6) is 0.876. The van der Waals surface area contributed by atoms with E-state index in [2.05, 4.69) is 20.9 Å². The Morgan fingerprint density at radius 2 is 2.29 bits per heavy atom. The Balaban J connectivity index is 1.99. The third-order valence-corrected chi connectivity index (χ3v) is 3.33. The van der Waals surface area contributed by atoms with E-state index < -0.39 is 0 Å². The second kappa shape index (κ2) is 4.57. The standard InChI is InChI=1S/C10H8BrNOS/c11-9-6-14-7-10(9)13-5-8-3-1-2-4-12-8/h1-4,6-7H,5H2. The van der Waals surface area contributed by atoms with Gasteiger partial charge >= 0.3 is 0 Å². The smallest absolute Gasteiger partial charge is 0.144 e. The van der Waals surface area contributed by atoms with Crippen LogP contribution in [0.2, 0.25) is 0 Å². The summed E-state index contributed by atoms with van der Waals surface area (Å²) in [5, 5.41) is 3.96. The molecule has 2 rings (SSSR count). The summed E-state index contributed by atoms with van der Waals surface area (Å²) >= 11 is 5.01. The first-order valence-electron chi connectivity index (χ1n) is 4.10. The monoisotopic (exact) mass is 269 g/mol. The highest BCUT2D eigenvalue weighted by atomic mass is 79.9. The van der Waals surface area contributed by atoms with Crippen molar-refractivity contribution in [2.45, 2.75) is 6.61 Å². The zero-order valence-corrected chi connectivity index (χ0v) is 9.72. The van der Waals surface area contributed by atoms with E-state index in [0.717, 1.165) is 15.9 Å². The van der Waals surface area contributed by atoms with Crippen LogP contribution in [0.4, 0.5) is 0 Å². The molecule has 2 heterocycles. The van der Waals surface area contributed by atoms with Crippen LogP contribution in [-0.2, 0) is 6.61 Å². The number of nitrogens with zero attached hydrogens (tertiary/aromatic N) is 1. The molecule has 2 nitrogen and oxygen atoms in total. The van der Waals surface area contributed by atoms with Crippen molar-refractivity contribution in [2.24, 2.45) is 0 Å². The van der Waals surface area contributed by atoms with Crippen LogP contribution in [0.1, 0.15) is 5.69 Å². The van der Waals surface area contributed by atoms with Crippen molar-refractivity contribution >= 4 is 27.3 Å². The minimum absolute atomic E-state index is 0.510. The number of aromatic nitrogens is 1. The fourth-order valence-corrected chi connectivity index (χ4v) is 2.33. The maximum absolute atomic E-state index is 5.56. The average Bonchev–Trinajstić information content (AvgIpc) is 2.63. The highest BCUT2D eigenvalue weighted by Gasteiger charge is 2.01. The molecule has 0 aromatic carbocycles. The van der Waals surface area contributed by atoms with Gasteiger partial charge in [0.15, 0.2) is 0 Å². The lowest BCUT2D eigenvalue weighted by molar-refractivity contribution is 0.301. The van der Waals surface area contributed by atoms with Gasteiger partial charge in [-0.1, -0.05) is 6.07 Å². The van der Waals surface area contributed by atoms with E-state index in [1.54, 1.807) is 17.5 Å². The van der Waals surface area contributed by atoms with Gasteiger partial charge in [-0.2, -0.15) is 0 Å². The second-order valence-electron chi connectivity index (χ2n) is 2.69. The van der Waals surface area contributed by atoms with E-state index in [4.69, 9.17) is 4.74 Å². The SMILES string of the molecule is Brc1cscc1OCc1ccccn1. The molecule has 0 N–H and O–H groups in total. The predicted octanol–water partition coefficient (Wildman–Crippen LogP) is 3.48. The lowest BCUT2D eigenvalue weighted by atomic mass is 10.4. The number of halogens is 1. The molecule has 0 fully saturated rings. The van der Waals surface area contributed by atoms with Gasteiger partial charge in [0, 0.05) is 17.0 Å². The van der Waals surface area contributed by atoms with Gasteiger partial charge in [0.25, 0.3) is 0 Å². The van der Waals surface area contributed by atoms with Crippen LogP contribution in [0.25, 0.3) is 0 Å². The van der Waals surface area contributed by atoms with E-state index in [9.17, 15) is 0 Å². The molecule has 2 aromatic heterocycles. The predicted molar refractivity (Wildman–Crippen MR) is 60.6 cm³/mol. The summed E-state index contributed by atoms with van der Waals surface area (Å²) in [6, 6.07) is 5.79. The first kappa shape index (κ1) is 9.68. The molecule has 2 aromatic rings. The average molecular weight is 270 g/mol. The van der Waals surface area contributed by atoms with Gasteiger partial charge < -0.3 is 4.74 Å². The first-order chi connectivity index (χ1) is 6.86. The zero-order valence-electron chi connectivity index (χ0n) is 7.31. The Morgan fingerprint density at radius 1 is 1.36 bits per heavy atom. The molecule has 4 heteroatoms. The number of pyridine rings is 1. The maximum atomic E-state index is 5.56. The summed E-state index contributed by atoms with van der Waals surface area (Å²) in [5.41, 5.74) is 0.936. The number of hydrogen-bond acceptors (Lipinski definition) is 3. The van der Waals surface area contributed by atoms with Gasteiger partial charge in [-0.05, 0) is 28.1 Å². The molecule has 0 saturated carbocycles. The van der Waals surface area contributed by atoms with Gasteiger partial charge in [0.05, 0.1) is 10.2 Å². The van der Waals surface area contributed by atoms with Crippen molar-refractivity contribution in [1.29, 1.82) is 0 Å². The van der Waals surface area contributed by atoms with Gasteiger partial charge in [-0.3, -0.25) is 4.98 Å². The minimum Gasteiger partial charge on any atom is -0.485 e. The van der Waals surface area contributed by atoms with Crippen molar-refractivity contribution in [3.63, 3.8) is 0 Å². The fourth-order valence-electron chi connectivity index (χ4n) is 1.01. The molecule has 0 aliphatic carbocycles. The molecule has 72 valence electrons. The highest BCUT2D eigenvalue weighted by Crippen LogP contribution is 2.29. The largest absolute Gasteiger partial charge is 0.485 e. The zero-order chi connectivity index (χ0) is 9.80. The fraction of sp³-hybridized carbons (Fsp3) is 0.100. The number of rotatable bonds is 3. The Bertz CT molecular complexity index is 402. The molecular weight excluding hydrogens is 262 g/mol. The minimum atomic E-state index is 0.510. The number of thiophene rings is 1. The third-order valence-electron chi connectivity index (χ3n) is 1.68. The van der Waals surface area contributed by atoms with Gasteiger partial charge in [0.2, 0.25) is 0 Å². The summed E-state index contributed by atoms with van der Waals surface area (Å²) in [4.78, 5) is 4.17. The molecule has 14 heavy (non-hydrogen) atoms. The van der Waals surface area contributed by atoms with Crippen molar-refractivity contribution in [2.75, 3.05) is 0 Å². The number of ether oxygens (including phenoxy) is 1. The first-order valence-corrected chi connectivity index (χ1v) is 5.84. The van der Waals surface area contributed by atoms with Crippen molar-refractivity contribution in [3.8, 4) is 5.75 Å². The van der Waals surface area contributed by atoms with E-state index in [1.165, 1.54) is 0 Å². The third kappa shape index (κ3) is 2.33. The quantitative estimate of drug-likeness (QED) is 0.851. The summed E-state index contributed by atoms with van der Waals surface area (Å²) < 4.78 is 6.56. The lowest BCUT2D eigenvalue weighted by Gasteiger charge is -2.03. The van der Waals surface area contributed by atoms with E-state index >= 15 is 0 Å². The molecule has 0 unspecified atom stereocenters. The van der Waals surface area contributed by atoms with E-state index in [1.807, 2.05) is 29.0 Å². The van der Waals surface area contributed by atoms with Crippen LogP contribution < -0.4 is 4.74 Å². The molecule has 0 bridgehead atoms.